The average molecular weight is 546 g/mol. The molecular weight excluding hydrogens is 501 g/mol. The maximum absolute atomic E-state index is 13.4. The molecule has 1 aromatic carbocycles. The number of carbonyl (C=O) groups is 3. The first kappa shape index (κ1) is 29.1. The molecule has 3 aliphatic heterocycles. The summed E-state index contributed by atoms with van der Waals surface area (Å²) >= 11 is 0. The molecule has 1 aromatic rings. The largest absolute Gasteiger partial charge is 0.444 e. The molecule has 1 N–H and O–H groups in total. The predicted molar refractivity (Wildman–Crippen MR) is 148 cm³/mol. The highest BCUT2D eigenvalue weighted by Gasteiger charge is 2.51. The van der Waals surface area contributed by atoms with E-state index >= 15 is 0 Å². The van der Waals surface area contributed by atoms with Gasteiger partial charge in [-0.2, -0.15) is 0 Å². The third kappa shape index (κ3) is 7.01. The van der Waals surface area contributed by atoms with Crippen LogP contribution in [-0.2, 0) is 14.3 Å². The van der Waals surface area contributed by atoms with Gasteiger partial charge in [-0.25, -0.2) is 9.18 Å². The molecule has 3 aliphatic rings. The minimum absolute atomic E-state index is 0.147. The van der Waals surface area contributed by atoms with Crippen molar-refractivity contribution in [2.24, 2.45) is 5.41 Å². The lowest BCUT2D eigenvalue weighted by Gasteiger charge is -2.38. The molecule has 3 fully saturated rings. The fraction of sp³-hybridized carbons (Fsp3) is 0.690. The van der Waals surface area contributed by atoms with Gasteiger partial charge in [-0.15, -0.1) is 0 Å². The number of anilines is 1. The van der Waals surface area contributed by atoms with E-state index in [1.54, 1.807) is 32.6 Å². The predicted octanol–water partition coefficient (Wildman–Crippen LogP) is 3.09. The molecule has 4 rings (SSSR count). The van der Waals surface area contributed by atoms with Crippen LogP contribution in [0.1, 0.15) is 53.4 Å². The third-order valence-corrected chi connectivity index (χ3v) is 8.43. The van der Waals surface area contributed by atoms with Crippen LogP contribution in [0, 0.1) is 11.2 Å². The van der Waals surface area contributed by atoms with Crippen molar-refractivity contribution in [2.45, 2.75) is 71.1 Å². The smallest absolute Gasteiger partial charge is 0.408 e. The zero-order valence-electron chi connectivity index (χ0n) is 24.0. The average Bonchev–Trinajstić information content (AvgIpc) is 3.11. The molecule has 0 radical (unpaired) electrons. The number of piperidine rings is 1. The Labute approximate surface area is 231 Å². The Kier molecular flexibility index (Phi) is 8.73. The summed E-state index contributed by atoms with van der Waals surface area (Å²) in [6, 6.07) is 6.19. The molecule has 10 heteroatoms. The van der Waals surface area contributed by atoms with E-state index in [-0.39, 0.29) is 23.7 Å². The van der Waals surface area contributed by atoms with E-state index < -0.39 is 23.2 Å². The molecule has 39 heavy (non-hydrogen) atoms. The number of alkyl carbamates (subject to hydrolysis) is 1. The Bertz CT molecular complexity index is 1030. The van der Waals surface area contributed by atoms with Crippen molar-refractivity contribution >= 4 is 23.6 Å². The van der Waals surface area contributed by atoms with Crippen molar-refractivity contribution in [3.05, 3.63) is 30.1 Å². The van der Waals surface area contributed by atoms with Crippen LogP contribution in [0.25, 0.3) is 0 Å². The van der Waals surface area contributed by atoms with Gasteiger partial charge in [-0.1, -0.05) is 0 Å². The van der Waals surface area contributed by atoms with Crippen molar-refractivity contribution in [2.75, 3.05) is 57.8 Å². The number of hydrogen-bond acceptors (Lipinski definition) is 6. The lowest BCUT2D eigenvalue weighted by molar-refractivity contribution is -0.143. The first-order valence-corrected chi connectivity index (χ1v) is 14.2. The Morgan fingerprint density at radius 2 is 1.69 bits per heavy atom. The molecule has 2 atom stereocenters. The van der Waals surface area contributed by atoms with Gasteiger partial charge in [-0.3, -0.25) is 14.5 Å². The summed E-state index contributed by atoms with van der Waals surface area (Å²) in [4.78, 5) is 46.8. The fourth-order valence-corrected chi connectivity index (χ4v) is 6.12. The molecule has 3 amide bonds. The second-order valence-electron chi connectivity index (χ2n) is 12.3. The number of amides is 3. The highest BCUT2D eigenvalue weighted by Crippen LogP contribution is 2.44. The first-order valence-electron chi connectivity index (χ1n) is 14.2. The molecule has 0 saturated carbocycles. The van der Waals surface area contributed by atoms with Crippen molar-refractivity contribution in [1.29, 1.82) is 0 Å². The molecule has 3 saturated heterocycles. The molecule has 0 unspecified atom stereocenters. The summed E-state index contributed by atoms with van der Waals surface area (Å²) in [5.74, 6) is -0.168. The number of ether oxygens (including phenoxy) is 1. The number of benzene rings is 1. The fourth-order valence-electron chi connectivity index (χ4n) is 6.12. The minimum atomic E-state index is -0.688. The molecule has 216 valence electrons. The number of carbonyl (C=O) groups excluding carboxylic acids is 3. The van der Waals surface area contributed by atoms with E-state index in [0.29, 0.717) is 25.9 Å². The number of rotatable bonds is 6. The molecule has 0 aliphatic carbocycles. The van der Waals surface area contributed by atoms with E-state index in [9.17, 15) is 18.8 Å². The van der Waals surface area contributed by atoms with E-state index in [4.69, 9.17) is 4.74 Å². The van der Waals surface area contributed by atoms with E-state index in [0.717, 1.165) is 51.3 Å². The second-order valence-corrected chi connectivity index (χ2v) is 12.3. The first-order chi connectivity index (χ1) is 18.4. The zero-order chi connectivity index (χ0) is 28.4. The Hall–Kier alpha value is -2.88. The quantitative estimate of drug-likeness (QED) is 0.592. The maximum Gasteiger partial charge on any atom is 0.408 e. The lowest BCUT2D eigenvalue weighted by Crippen LogP contribution is -2.52. The summed E-state index contributed by atoms with van der Waals surface area (Å²) in [5.41, 5.74) is 0.0203. The highest BCUT2D eigenvalue weighted by atomic mass is 19.1. The summed E-state index contributed by atoms with van der Waals surface area (Å²) in [6.07, 6.45) is 2.44. The number of halogens is 1. The van der Waals surface area contributed by atoms with E-state index in [2.05, 4.69) is 15.1 Å². The molecule has 9 nitrogen and oxygen atoms in total. The summed E-state index contributed by atoms with van der Waals surface area (Å²) in [7, 11) is 1.92. The number of hydrogen-bond donors (Lipinski definition) is 1. The van der Waals surface area contributed by atoms with Crippen LogP contribution in [-0.4, -0.2) is 103 Å². The van der Waals surface area contributed by atoms with Crippen LogP contribution in [0.2, 0.25) is 0 Å². The van der Waals surface area contributed by atoms with Crippen molar-refractivity contribution in [3.8, 4) is 0 Å². The monoisotopic (exact) mass is 545 g/mol. The molecular formula is C29H44FN5O4. The number of nitrogens with one attached hydrogen (secondary N) is 1. The van der Waals surface area contributed by atoms with Gasteiger partial charge in [-0.05, 0) is 77.6 Å². The standard InChI is InChI=1S/C29H44FN5O4/c1-21(31-27(38)39-28(2,3)4)25(36)35-14-11-29(12-15-35)20-24(32(5)26(29)37)10-13-33-16-18-34(19-17-33)23-8-6-22(30)7-9-23/h6-9,21,24H,10-20H2,1-5H3,(H,31,38)/t21-,24-/m0/s1. The maximum atomic E-state index is 13.4. The van der Waals surface area contributed by atoms with Crippen LogP contribution in [0.5, 0.6) is 0 Å². The van der Waals surface area contributed by atoms with Gasteiger partial charge in [0.2, 0.25) is 11.8 Å². The number of likely N-dealkylation sites (tertiary alicyclic amines) is 2. The summed E-state index contributed by atoms with van der Waals surface area (Å²) in [5, 5.41) is 2.63. The normalized spacial score (nSPS) is 22.8. The highest BCUT2D eigenvalue weighted by molar-refractivity contribution is 5.87. The van der Waals surface area contributed by atoms with Crippen molar-refractivity contribution < 1.29 is 23.5 Å². The second kappa shape index (κ2) is 11.7. The van der Waals surface area contributed by atoms with Gasteiger partial charge in [0.05, 0.1) is 5.41 Å². The van der Waals surface area contributed by atoms with Crippen molar-refractivity contribution in [1.82, 2.24) is 20.0 Å². The molecule has 0 aromatic heterocycles. The van der Waals surface area contributed by atoms with Crippen LogP contribution in [0.15, 0.2) is 24.3 Å². The SMILES string of the molecule is C[C@H](NC(=O)OC(C)(C)C)C(=O)N1CCC2(CC1)C[C@H](CCN1CCN(c3ccc(F)cc3)CC1)N(C)C2=O. The summed E-state index contributed by atoms with van der Waals surface area (Å²) < 4.78 is 18.5. The summed E-state index contributed by atoms with van der Waals surface area (Å²) in [6.45, 7) is 12.7. The van der Waals surface area contributed by atoms with Gasteiger partial charge in [0.25, 0.3) is 0 Å². The van der Waals surface area contributed by atoms with Crippen LogP contribution >= 0.6 is 0 Å². The molecule has 0 bridgehead atoms. The Morgan fingerprint density at radius 3 is 2.28 bits per heavy atom. The van der Waals surface area contributed by atoms with Gasteiger partial charge in [0.1, 0.15) is 17.5 Å². The number of piperazine rings is 1. The Balaban J connectivity index is 1.22. The lowest BCUT2D eigenvalue weighted by atomic mass is 9.75. The Morgan fingerprint density at radius 1 is 1.08 bits per heavy atom. The van der Waals surface area contributed by atoms with Crippen LogP contribution in [0.3, 0.4) is 0 Å². The van der Waals surface area contributed by atoms with Gasteiger partial charge in [0, 0.05) is 64.6 Å². The molecule has 3 heterocycles. The third-order valence-electron chi connectivity index (χ3n) is 8.43. The van der Waals surface area contributed by atoms with Gasteiger partial charge in [0.15, 0.2) is 0 Å². The molecule has 1 spiro atoms. The van der Waals surface area contributed by atoms with Crippen LogP contribution in [0.4, 0.5) is 14.9 Å². The number of nitrogens with zero attached hydrogens (tertiary/aromatic N) is 4. The zero-order valence-corrected chi connectivity index (χ0v) is 24.0. The van der Waals surface area contributed by atoms with Gasteiger partial charge >= 0.3 is 6.09 Å². The van der Waals surface area contributed by atoms with Crippen molar-refractivity contribution in [3.63, 3.8) is 0 Å². The van der Waals surface area contributed by atoms with E-state index in [1.165, 1.54) is 12.1 Å². The van der Waals surface area contributed by atoms with Crippen LogP contribution < -0.4 is 10.2 Å². The minimum Gasteiger partial charge on any atom is -0.444 e. The van der Waals surface area contributed by atoms with Gasteiger partial charge < -0.3 is 24.8 Å². The van der Waals surface area contributed by atoms with E-state index in [1.807, 2.05) is 24.1 Å². The topological polar surface area (TPSA) is 85.4 Å².